The van der Waals surface area contributed by atoms with Gasteiger partial charge in [-0.1, -0.05) is 0 Å². The molecule has 1 fully saturated rings. The number of nitrogens with one attached hydrogen (secondary N) is 1. The van der Waals surface area contributed by atoms with Crippen molar-refractivity contribution in [3.63, 3.8) is 0 Å². The third-order valence-electron chi connectivity index (χ3n) is 4.04. The third-order valence-corrected chi connectivity index (χ3v) is 9.09. The zero-order chi connectivity index (χ0) is 23.4. The number of hydrogen-bond acceptors (Lipinski definition) is 12. The highest BCUT2D eigenvalue weighted by molar-refractivity contribution is 7.67. The molecule has 0 saturated carbocycles. The van der Waals surface area contributed by atoms with Gasteiger partial charge in [0, 0.05) is 33.1 Å². The first kappa shape index (κ1) is 26.3. The molecule has 1 aromatic rings. The van der Waals surface area contributed by atoms with Crippen molar-refractivity contribution in [1.29, 1.82) is 0 Å². The topological polar surface area (TPSA) is 191 Å². The van der Waals surface area contributed by atoms with Crippen molar-refractivity contribution in [2.24, 2.45) is 0 Å². The van der Waals surface area contributed by atoms with E-state index in [1.807, 2.05) is 0 Å². The lowest BCUT2D eigenvalue weighted by molar-refractivity contribution is -0.0252. The molecular weight excluding hydrogens is 485 g/mol. The van der Waals surface area contributed by atoms with Gasteiger partial charge in [0.25, 0.3) is 5.56 Å². The number of ether oxygens (including phenoxy) is 1. The van der Waals surface area contributed by atoms with Crippen LogP contribution in [0.3, 0.4) is 0 Å². The van der Waals surface area contributed by atoms with E-state index in [-0.39, 0.29) is 6.61 Å². The molecule has 5 unspecified atom stereocenters. The first-order valence-corrected chi connectivity index (χ1v) is 13.0. The van der Waals surface area contributed by atoms with E-state index >= 15 is 0 Å². The number of phosphoric acid groups is 3. The van der Waals surface area contributed by atoms with E-state index in [0.29, 0.717) is 18.4 Å². The Labute approximate surface area is 176 Å². The zero-order valence-electron chi connectivity index (χ0n) is 17.0. The summed E-state index contributed by atoms with van der Waals surface area (Å²) in [7, 11) is -11.8. The van der Waals surface area contributed by atoms with Gasteiger partial charge in [0.15, 0.2) is 0 Å². The number of aryl methyl sites for hydroxylation is 1. The second-order valence-corrected chi connectivity index (χ2v) is 11.5. The summed E-state index contributed by atoms with van der Waals surface area (Å²) < 4.78 is 70.5. The van der Waals surface area contributed by atoms with Crippen molar-refractivity contribution >= 4 is 23.5 Å². The Morgan fingerprint density at radius 3 is 2.32 bits per heavy atom. The number of nitrogens with zero attached hydrogens (tertiary/aromatic N) is 1. The maximum Gasteiger partial charge on any atom is 0.492 e. The van der Waals surface area contributed by atoms with E-state index in [1.54, 1.807) is 0 Å². The highest BCUT2D eigenvalue weighted by Crippen LogP contribution is 2.71. The Balaban J connectivity index is 2.04. The van der Waals surface area contributed by atoms with Crippen molar-refractivity contribution < 1.29 is 50.0 Å². The molecule has 18 heteroatoms. The number of aromatic nitrogens is 2. The maximum atomic E-state index is 12.6. The summed E-state index contributed by atoms with van der Waals surface area (Å²) in [6.45, 7) is 1.14. The average Bonchev–Trinajstić information content (AvgIpc) is 3.17. The van der Waals surface area contributed by atoms with Crippen LogP contribution >= 0.6 is 23.5 Å². The van der Waals surface area contributed by atoms with Gasteiger partial charge in [-0.05, 0) is 19.8 Å². The Morgan fingerprint density at radius 2 is 1.74 bits per heavy atom. The number of aromatic amines is 1. The standard InChI is InChI=1S/C13H23N2O13P3/c1-9-7-15(13(17)14-12(9)16)11-6-5-10(26-11)8-25-30(20,23-3)28-31(21,24-4)27-29(18,19)22-2/h7,10-11H,5-6,8H2,1-4H3,(H,18,19)(H,14,16,17). The number of rotatable bonds is 11. The van der Waals surface area contributed by atoms with Crippen LogP contribution in [0.1, 0.15) is 24.6 Å². The summed E-state index contributed by atoms with van der Waals surface area (Å²) in [5.74, 6) is 0. The molecule has 1 aliphatic rings. The van der Waals surface area contributed by atoms with E-state index in [2.05, 4.69) is 27.2 Å². The van der Waals surface area contributed by atoms with Crippen LogP contribution in [-0.2, 0) is 45.1 Å². The molecule has 5 atom stereocenters. The lowest BCUT2D eigenvalue weighted by atomic mass is 10.2. The van der Waals surface area contributed by atoms with E-state index in [9.17, 15) is 28.2 Å². The largest absolute Gasteiger partial charge is 0.492 e. The molecule has 0 aromatic carbocycles. The Kier molecular flexibility index (Phi) is 8.76. The summed E-state index contributed by atoms with van der Waals surface area (Å²) in [5, 5.41) is 0. The molecule has 0 aliphatic carbocycles. The predicted molar refractivity (Wildman–Crippen MR) is 103 cm³/mol. The maximum absolute atomic E-state index is 12.6. The monoisotopic (exact) mass is 508 g/mol. The number of phosphoric ester groups is 2. The molecule has 0 bridgehead atoms. The van der Waals surface area contributed by atoms with E-state index in [0.717, 1.165) is 21.3 Å². The summed E-state index contributed by atoms with van der Waals surface area (Å²) in [5.41, 5.74) is -0.853. The summed E-state index contributed by atoms with van der Waals surface area (Å²) >= 11 is 0. The van der Waals surface area contributed by atoms with Gasteiger partial charge in [-0.25, -0.2) is 18.5 Å². The van der Waals surface area contributed by atoms with Gasteiger partial charge in [0.05, 0.1) is 12.7 Å². The van der Waals surface area contributed by atoms with Crippen LogP contribution in [0.2, 0.25) is 0 Å². The second-order valence-electron chi connectivity index (χ2n) is 6.14. The van der Waals surface area contributed by atoms with Crippen LogP contribution in [0.15, 0.2) is 15.8 Å². The quantitative estimate of drug-likeness (QED) is 0.412. The van der Waals surface area contributed by atoms with Crippen LogP contribution in [0.4, 0.5) is 0 Å². The van der Waals surface area contributed by atoms with E-state index < -0.39 is 47.0 Å². The van der Waals surface area contributed by atoms with Crippen molar-refractivity contribution in [2.75, 3.05) is 27.9 Å². The van der Waals surface area contributed by atoms with Gasteiger partial charge in [0.2, 0.25) is 0 Å². The molecular formula is C13H23N2O13P3. The van der Waals surface area contributed by atoms with Crippen molar-refractivity contribution in [3.05, 3.63) is 32.6 Å². The highest BCUT2D eigenvalue weighted by atomic mass is 31.3. The van der Waals surface area contributed by atoms with Gasteiger partial charge < -0.3 is 9.63 Å². The molecule has 1 saturated heterocycles. The Bertz CT molecular complexity index is 1040. The molecule has 15 nitrogen and oxygen atoms in total. The molecule has 2 N–H and O–H groups in total. The van der Waals surface area contributed by atoms with Crippen molar-refractivity contribution in [1.82, 2.24) is 9.55 Å². The highest BCUT2D eigenvalue weighted by Gasteiger charge is 2.45. The average molecular weight is 508 g/mol. The SMILES string of the molecule is COP(=O)(O)OP(=O)(OC)OP(=O)(OC)OCC1CCC(n2cc(C)c(=O)[nH]c2=O)O1. The molecule has 0 spiro atoms. The Hall–Kier alpha value is -0.950. The predicted octanol–water partition coefficient (Wildman–Crippen LogP) is 1.83. The minimum Gasteiger partial charge on any atom is -0.352 e. The summed E-state index contributed by atoms with van der Waals surface area (Å²) in [4.78, 5) is 34.9. The van der Waals surface area contributed by atoms with Gasteiger partial charge >= 0.3 is 29.2 Å². The van der Waals surface area contributed by atoms with Crippen LogP contribution < -0.4 is 11.2 Å². The lowest BCUT2D eigenvalue weighted by Crippen LogP contribution is -2.33. The van der Waals surface area contributed by atoms with Gasteiger partial charge in [0.1, 0.15) is 6.23 Å². The molecule has 1 aromatic heterocycles. The van der Waals surface area contributed by atoms with Crippen LogP contribution in [0, 0.1) is 6.92 Å². The first-order valence-electron chi connectivity index (χ1n) is 8.60. The van der Waals surface area contributed by atoms with Crippen LogP contribution in [-0.4, -0.2) is 48.5 Å². The normalized spacial score (nSPS) is 24.9. The van der Waals surface area contributed by atoms with Crippen LogP contribution in [0.5, 0.6) is 0 Å². The van der Waals surface area contributed by atoms with Crippen LogP contribution in [0.25, 0.3) is 0 Å². The fourth-order valence-electron chi connectivity index (χ4n) is 2.46. The molecule has 1 aliphatic heterocycles. The van der Waals surface area contributed by atoms with Crippen molar-refractivity contribution in [3.8, 4) is 0 Å². The smallest absolute Gasteiger partial charge is 0.352 e. The molecule has 31 heavy (non-hydrogen) atoms. The molecule has 0 amide bonds. The fourth-order valence-corrected chi connectivity index (χ4v) is 6.55. The van der Waals surface area contributed by atoms with Crippen molar-refractivity contribution in [2.45, 2.75) is 32.1 Å². The van der Waals surface area contributed by atoms with Gasteiger partial charge in [-0.2, -0.15) is 8.62 Å². The first-order chi connectivity index (χ1) is 14.4. The second kappa shape index (κ2) is 10.3. The van der Waals surface area contributed by atoms with Gasteiger partial charge in [-0.15, -0.1) is 0 Å². The molecule has 0 radical (unpaired) electrons. The molecule has 2 heterocycles. The molecule has 2 rings (SSSR count). The fraction of sp³-hybridized carbons (Fsp3) is 0.692. The molecule has 178 valence electrons. The van der Waals surface area contributed by atoms with E-state index in [1.165, 1.54) is 17.7 Å². The Morgan fingerprint density at radius 1 is 1.10 bits per heavy atom. The minimum atomic E-state index is -4.89. The number of H-pyrrole nitrogens is 1. The third kappa shape index (κ3) is 7.01. The minimum absolute atomic E-state index is 0.313. The summed E-state index contributed by atoms with van der Waals surface area (Å²) in [6.07, 6.45) is 0.705. The lowest BCUT2D eigenvalue weighted by Gasteiger charge is -2.23. The van der Waals surface area contributed by atoms with E-state index in [4.69, 9.17) is 9.26 Å². The zero-order valence-corrected chi connectivity index (χ0v) is 19.7. The summed E-state index contributed by atoms with van der Waals surface area (Å²) in [6, 6.07) is 0. The van der Waals surface area contributed by atoms with Gasteiger partial charge in [-0.3, -0.25) is 32.4 Å². The number of hydrogen-bond donors (Lipinski definition) is 2.